The van der Waals surface area contributed by atoms with Crippen LogP contribution in [-0.4, -0.2) is 10.7 Å². The molecule has 3 aromatic rings. The first kappa shape index (κ1) is 20.6. The number of Topliss-reactive ketones (excluding diaryl/α,β-unsaturated/α-hetero) is 1. The van der Waals surface area contributed by atoms with Gasteiger partial charge in [-0.05, 0) is 42.3 Å². The fourth-order valence-electron chi connectivity index (χ4n) is 3.27. The molecule has 0 spiro atoms. The molecule has 1 aliphatic heterocycles. The summed E-state index contributed by atoms with van der Waals surface area (Å²) < 4.78 is 25.3. The molecule has 0 unspecified atom stereocenters. The first-order valence-corrected chi connectivity index (χ1v) is 9.60. The molecule has 4 rings (SSSR count). The minimum atomic E-state index is -0.510. The number of ether oxygens (including phenoxy) is 2. The second-order valence-corrected chi connectivity index (χ2v) is 7.30. The fourth-order valence-corrected chi connectivity index (χ4v) is 3.48. The highest BCUT2D eigenvalue weighted by molar-refractivity contribution is 6.31. The second kappa shape index (κ2) is 8.20. The molecule has 0 amide bonds. The maximum atomic E-state index is 14.0. The molecule has 0 atom stereocenters. The largest absolute Gasteiger partial charge is 0.489 e. The molecular weight excluding hydrogens is 425 g/mol. The number of halogens is 2. The first-order valence-electron chi connectivity index (χ1n) is 9.22. The molecule has 1 heterocycles. The monoisotopic (exact) mass is 439 g/mol. The Labute approximate surface area is 181 Å². The van der Waals surface area contributed by atoms with Crippen LogP contribution in [0.3, 0.4) is 0 Å². The van der Waals surface area contributed by atoms with Crippen molar-refractivity contribution in [1.29, 1.82) is 0 Å². The van der Waals surface area contributed by atoms with Gasteiger partial charge in [-0.2, -0.15) is 0 Å². The van der Waals surface area contributed by atoms with Crippen LogP contribution in [-0.2, 0) is 6.61 Å². The van der Waals surface area contributed by atoms with E-state index in [1.54, 1.807) is 31.2 Å². The quantitative estimate of drug-likeness (QED) is 0.281. The van der Waals surface area contributed by atoms with Gasteiger partial charge in [-0.1, -0.05) is 29.8 Å². The highest BCUT2D eigenvalue weighted by Crippen LogP contribution is 2.38. The molecule has 0 N–H and O–H groups in total. The van der Waals surface area contributed by atoms with Crippen molar-refractivity contribution in [1.82, 2.24) is 0 Å². The molecule has 0 saturated heterocycles. The number of allylic oxidation sites excluding steroid dienone is 1. The Hall–Kier alpha value is -3.71. The number of fused-ring (bicyclic) bond motifs is 1. The van der Waals surface area contributed by atoms with Gasteiger partial charge >= 0.3 is 0 Å². The van der Waals surface area contributed by atoms with Crippen LogP contribution in [0.1, 0.15) is 27.0 Å². The molecule has 156 valence electrons. The van der Waals surface area contributed by atoms with Crippen molar-refractivity contribution >= 4 is 29.1 Å². The predicted molar refractivity (Wildman–Crippen MR) is 113 cm³/mol. The lowest BCUT2D eigenvalue weighted by molar-refractivity contribution is -0.384. The van der Waals surface area contributed by atoms with Crippen molar-refractivity contribution in [3.63, 3.8) is 0 Å². The Balaban J connectivity index is 1.59. The van der Waals surface area contributed by atoms with E-state index in [9.17, 15) is 19.3 Å². The number of nitro benzene ring substituents is 1. The third kappa shape index (κ3) is 4.13. The van der Waals surface area contributed by atoms with Gasteiger partial charge in [0.2, 0.25) is 5.78 Å². The van der Waals surface area contributed by atoms with Crippen LogP contribution in [0.25, 0.3) is 6.08 Å². The Morgan fingerprint density at radius 3 is 2.71 bits per heavy atom. The van der Waals surface area contributed by atoms with E-state index in [0.717, 1.165) is 0 Å². The van der Waals surface area contributed by atoms with Crippen molar-refractivity contribution < 1.29 is 23.6 Å². The zero-order valence-corrected chi connectivity index (χ0v) is 17.0. The fraction of sp³-hybridized carbons (Fsp3) is 0.0870. The van der Waals surface area contributed by atoms with Gasteiger partial charge < -0.3 is 9.47 Å². The van der Waals surface area contributed by atoms with Gasteiger partial charge in [-0.15, -0.1) is 0 Å². The maximum absolute atomic E-state index is 14.0. The summed E-state index contributed by atoms with van der Waals surface area (Å²) in [5.74, 6) is -0.0640. The average molecular weight is 440 g/mol. The molecule has 0 aromatic heterocycles. The van der Waals surface area contributed by atoms with E-state index in [2.05, 4.69) is 0 Å². The lowest BCUT2D eigenvalue weighted by atomic mass is 10.0. The van der Waals surface area contributed by atoms with Crippen LogP contribution in [0.4, 0.5) is 10.1 Å². The van der Waals surface area contributed by atoms with E-state index in [1.165, 1.54) is 36.4 Å². The number of hydrogen-bond acceptors (Lipinski definition) is 5. The van der Waals surface area contributed by atoms with Crippen molar-refractivity contribution in [2.45, 2.75) is 13.5 Å². The van der Waals surface area contributed by atoms with Gasteiger partial charge in [0.25, 0.3) is 5.69 Å². The molecule has 3 aromatic carbocycles. The van der Waals surface area contributed by atoms with Gasteiger partial charge in [0.1, 0.15) is 23.9 Å². The highest BCUT2D eigenvalue weighted by atomic mass is 35.5. The first-order chi connectivity index (χ1) is 14.8. The number of hydrogen-bond donors (Lipinski definition) is 0. The standard InChI is InChI=1S/C23H15ClFNO5/c1-13-8-16(30-12-17-18(24)6-3-7-19(17)25)11-20-22(13)23(27)21(31-20)10-14-4-2-5-15(9-14)26(28)29/h2-11H,12H2,1H3/b21-10-. The van der Waals surface area contributed by atoms with Crippen LogP contribution < -0.4 is 9.47 Å². The number of nitrogens with zero attached hydrogens (tertiary/aromatic N) is 1. The van der Waals surface area contributed by atoms with Crippen molar-refractivity contribution in [2.24, 2.45) is 0 Å². The number of rotatable bonds is 5. The summed E-state index contributed by atoms with van der Waals surface area (Å²) in [7, 11) is 0. The summed E-state index contributed by atoms with van der Waals surface area (Å²) in [4.78, 5) is 23.2. The number of carbonyl (C=O) groups is 1. The molecular formula is C23H15ClFNO5. The van der Waals surface area contributed by atoms with E-state index in [0.29, 0.717) is 28.2 Å². The van der Waals surface area contributed by atoms with Crippen molar-refractivity contribution in [3.05, 3.63) is 104 Å². The summed E-state index contributed by atoms with van der Waals surface area (Å²) in [6.45, 7) is 1.65. The number of carbonyl (C=O) groups excluding carboxylic acids is 1. The number of aryl methyl sites for hydroxylation is 1. The second-order valence-electron chi connectivity index (χ2n) is 6.89. The Bertz CT molecular complexity index is 1230. The van der Waals surface area contributed by atoms with E-state index < -0.39 is 10.7 Å². The molecule has 31 heavy (non-hydrogen) atoms. The minimum absolute atomic E-state index is 0.0490. The maximum Gasteiger partial charge on any atom is 0.270 e. The highest BCUT2D eigenvalue weighted by Gasteiger charge is 2.30. The van der Waals surface area contributed by atoms with E-state index in [1.807, 2.05) is 0 Å². The van der Waals surface area contributed by atoms with E-state index in [4.69, 9.17) is 21.1 Å². The molecule has 0 fully saturated rings. The Morgan fingerprint density at radius 1 is 1.19 bits per heavy atom. The van der Waals surface area contributed by atoms with Crippen molar-refractivity contribution in [2.75, 3.05) is 0 Å². The lowest BCUT2D eigenvalue weighted by Crippen LogP contribution is -2.01. The third-order valence-electron chi connectivity index (χ3n) is 4.77. The van der Waals surface area contributed by atoms with E-state index in [-0.39, 0.29) is 34.4 Å². The van der Waals surface area contributed by atoms with Gasteiger partial charge in [0.15, 0.2) is 5.76 Å². The molecule has 8 heteroatoms. The summed E-state index contributed by atoms with van der Waals surface area (Å²) in [6, 6.07) is 13.5. The number of nitro groups is 1. The normalized spacial score (nSPS) is 13.8. The molecule has 6 nitrogen and oxygen atoms in total. The van der Waals surface area contributed by atoms with Gasteiger partial charge in [0, 0.05) is 23.8 Å². The van der Waals surface area contributed by atoms with E-state index >= 15 is 0 Å². The smallest absolute Gasteiger partial charge is 0.270 e. The number of ketones is 1. The summed E-state index contributed by atoms with van der Waals surface area (Å²) in [5, 5.41) is 11.2. The summed E-state index contributed by atoms with van der Waals surface area (Å²) in [6.07, 6.45) is 1.45. The van der Waals surface area contributed by atoms with Crippen LogP contribution in [0, 0.1) is 22.9 Å². The zero-order chi connectivity index (χ0) is 22.1. The topological polar surface area (TPSA) is 78.7 Å². The molecule has 0 bridgehead atoms. The van der Waals surface area contributed by atoms with Gasteiger partial charge in [-0.25, -0.2) is 4.39 Å². The number of non-ortho nitro benzene ring substituents is 1. The summed E-state index contributed by atoms with van der Waals surface area (Å²) >= 11 is 6.03. The molecule has 1 aliphatic rings. The van der Waals surface area contributed by atoms with Crippen LogP contribution in [0.2, 0.25) is 5.02 Å². The molecule has 0 aliphatic carbocycles. The van der Waals surface area contributed by atoms with Gasteiger partial charge in [-0.3, -0.25) is 14.9 Å². The van der Waals surface area contributed by atoms with Crippen LogP contribution >= 0.6 is 11.6 Å². The Morgan fingerprint density at radius 2 is 1.97 bits per heavy atom. The van der Waals surface area contributed by atoms with Crippen LogP contribution in [0.15, 0.2) is 60.4 Å². The third-order valence-corrected chi connectivity index (χ3v) is 5.12. The zero-order valence-electron chi connectivity index (χ0n) is 16.2. The number of benzene rings is 3. The average Bonchev–Trinajstić information content (AvgIpc) is 3.03. The predicted octanol–water partition coefficient (Wildman–Crippen LogP) is 5.89. The SMILES string of the molecule is Cc1cc(OCc2c(F)cccc2Cl)cc2c1C(=O)/C(=C/c1cccc([N+](=O)[O-])c1)O2. The Kier molecular flexibility index (Phi) is 5.44. The van der Waals surface area contributed by atoms with Gasteiger partial charge in [0.05, 0.1) is 15.5 Å². The van der Waals surface area contributed by atoms with Crippen LogP contribution in [0.5, 0.6) is 11.5 Å². The molecule has 0 radical (unpaired) electrons. The lowest BCUT2D eigenvalue weighted by Gasteiger charge is -2.11. The molecule has 0 saturated carbocycles. The van der Waals surface area contributed by atoms with Crippen molar-refractivity contribution in [3.8, 4) is 11.5 Å². The summed E-state index contributed by atoms with van der Waals surface area (Å²) in [5.41, 5.74) is 1.61. The minimum Gasteiger partial charge on any atom is -0.489 e.